The quantitative estimate of drug-likeness (QED) is 0.804. The van der Waals surface area contributed by atoms with E-state index in [2.05, 4.69) is 15.9 Å². The van der Waals surface area contributed by atoms with E-state index in [1.165, 1.54) is 5.56 Å². The molecule has 2 aromatic rings. The number of hydrogen-bond acceptors (Lipinski definition) is 3. The number of benzene rings is 2. The van der Waals surface area contributed by atoms with E-state index in [0.717, 1.165) is 43.4 Å². The molecule has 0 N–H and O–H groups in total. The maximum Gasteiger partial charge on any atom is 0.243 e. The monoisotopic (exact) mass is 371 g/mol. The highest BCUT2D eigenvalue weighted by atomic mass is 35.5. The fraction of sp³-hybridized carbons (Fsp3) is 0.381. The van der Waals surface area contributed by atoms with Crippen LogP contribution in [0.15, 0.2) is 54.6 Å². The van der Waals surface area contributed by atoms with Gasteiger partial charge in [-0.25, -0.2) is 0 Å². The van der Waals surface area contributed by atoms with Crippen LogP contribution in [0.3, 0.4) is 0 Å². The Morgan fingerprint density at radius 3 is 2.42 bits per heavy atom. The first-order valence-electron chi connectivity index (χ1n) is 9.08. The van der Waals surface area contributed by atoms with Crippen LogP contribution in [-0.2, 0) is 11.3 Å². The molecule has 0 aliphatic carbocycles. The van der Waals surface area contributed by atoms with Crippen LogP contribution in [0.4, 0.5) is 5.69 Å². The van der Waals surface area contributed by atoms with E-state index in [9.17, 15) is 4.79 Å². The van der Waals surface area contributed by atoms with E-state index in [1.54, 1.807) is 4.90 Å². The van der Waals surface area contributed by atoms with Gasteiger partial charge < -0.3 is 4.90 Å². The SMILES string of the molecule is CC(C(=O)N(C)c1ccccc1)N1CCN(Cc2cccc(Cl)c2)CC1. The summed E-state index contributed by atoms with van der Waals surface area (Å²) in [7, 11) is 1.85. The van der Waals surface area contributed by atoms with Gasteiger partial charge in [0.1, 0.15) is 0 Å². The fourth-order valence-electron chi connectivity index (χ4n) is 3.42. The van der Waals surface area contributed by atoms with Crippen molar-refractivity contribution in [2.24, 2.45) is 0 Å². The van der Waals surface area contributed by atoms with E-state index < -0.39 is 0 Å². The lowest BCUT2D eigenvalue weighted by Crippen LogP contribution is -2.53. The molecule has 3 rings (SSSR count). The fourth-order valence-corrected chi connectivity index (χ4v) is 3.63. The van der Waals surface area contributed by atoms with Crippen LogP contribution in [0, 0.1) is 0 Å². The van der Waals surface area contributed by atoms with Crippen molar-refractivity contribution in [1.29, 1.82) is 0 Å². The molecule has 1 atom stereocenters. The smallest absolute Gasteiger partial charge is 0.243 e. The predicted octanol–water partition coefficient (Wildman–Crippen LogP) is 3.51. The lowest BCUT2D eigenvalue weighted by Gasteiger charge is -2.38. The second kappa shape index (κ2) is 8.67. The van der Waals surface area contributed by atoms with Gasteiger partial charge in [-0.05, 0) is 36.8 Å². The molecule has 0 aromatic heterocycles. The zero-order valence-electron chi connectivity index (χ0n) is 15.4. The van der Waals surface area contributed by atoms with Gasteiger partial charge in [0.05, 0.1) is 6.04 Å². The Bertz CT molecular complexity index is 729. The Balaban J connectivity index is 1.53. The maximum atomic E-state index is 12.8. The summed E-state index contributed by atoms with van der Waals surface area (Å²) < 4.78 is 0. The molecule has 2 aromatic carbocycles. The van der Waals surface area contributed by atoms with Crippen molar-refractivity contribution in [2.45, 2.75) is 19.5 Å². The molecule has 0 saturated carbocycles. The molecule has 1 aliphatic heterocycles. The standard InChI is InChI=1S/C21H26ClN3O/c1-17(21(26)23(2)20-9-4-3-5-10-20)25-13-11-24(12-14-25)16-18-7-6-8-19(22)15-18/h3-10,15,17H,11-14,16H2,1-2H3. The van der Waals surface area contributed by atoms with Crippen molar-refractivity contribution in [1.82, 2.24) is 9.80 Å². The molecule has 0 radical (unpaired) electrons. The summed E-state index contributed by atoms with van der Waals surface area (Å²) in [6.07, 6.45) is 0. The van der Waals surface area contributed by atoms with Gasteiger partial charge in [0.15, 0.2) is 0 Å². The predicted molar refractivity (Wildman–Crippen MR) is 108 cm³/mol. The number of nitrogens with zero attached hydrogens (tertiary/aromatic N) is 3. The molecule has 138 valence electrons. The average Bonchev–Trinajstić information content (AvgIpc) is 2.67. The van der Waals surface area contributed by atoms with Crippen LogP contribution < -0.4 is 4.90 Å². The van der Waals surface area contributed by atoms with Crippen LogP contribution in [0.1, 0.15) is 12.5 Å². The molecule has 26 heavy (non-hydrogen) atoms. The van der Waals surface area contributed by atoms with Crippen LogP contribution in [0.2, 0.25) is 5.02 Å². The van der Waals surface area contributed by atoms with Crippen LogP contribution in [0.5, 0.6) is 0 Å². The molecule has 0 spiro atoms. The zero-order valence-corrected chi connectivity index (χ0v) is 16.2. The van der Waals surface area contributed by atoms with Gasteiger partial charge in [0.2, 0.25) is 5.91 Å². The maximum absolute atomic E-state index is 12.8. The first-order chi connectivity index (χ1) is 12.5. The Kier molecular flexibility index (Phi) is 6.30. The molecule has 4 nitrogen and oxygen atoms in total. The number of piperazine rings is 1. The van der Waals surface area contributed by atoms with E-state index in [0.29, 0.717) is 0 Å². The van der Waals surface area contributed by atoms with Crippen molar-refractivity contribution in [2.75, 3.05) is 38.1 Å². The van der Waals surface area contributed by atoms with Gasteiger partial charge in [0.25, 0.3) is 0 Å². The zero-order chi connectivity index (χ0) is 18.5. The molecular formula is C21H26ClN3O. The molecule has 5 heteroatoms. The number of rotatable bonds is 5. The van der Waals surface area contributed by atoms with Crippen molar-refractivity contribution in [3.63, 3.8) is 0 Å². The van der Waals surface area contributed by atoms with Crippen LogP contribution in [-0.4, -0.2) is 55.0 Å². The number of para-hydroxylation sites is 1. The Morgan fingerprint density at radius 1 is 1.08 bits per heavy atom. The summed E-state index contributed by atoms with van der Waals surface area (Å²) in [6.45, 7) is 6.62. The molecule has 1 fully saturated rings. The van der Waals surface area contributed by atoms with Gasteiger partial charge in [-0.1, -0.05) is 41.9 Å². The van der Waals surface area contributed by atoms with Crippen molar-refractivity contribution in [3.05, 3.63) is 65.2 Å². The molecule has 1 amide bonds. The lowest BCUT2D eigenvalue weighted by atomic mass is 10.1. The summed E-state index contributed by atoms with van der Waals surface area (Å²) in [5.74, 6) is 0.138. The minimum Gasteiger partial charge on any atom is -0.314 e. The Morgan fingerprint density at radius 2 is 1.77 bits per heavy atom. The highest BCUT2D eigenvalue weighted by molar-refractivity contribution is 6.30. The number of carbonyl (C=O) groups excluding carboxylic acids is 1. The summed E-state index contributed by atoms with van der Waals surface area (Å²) in [5, 5.41) is 0.782. The highest BCUT2D eigenvalue weighted by Crippen LogP contribution is 2.17. The summed E-state index contributed by atoms with van der Waals surface area (Å²) >= 11 is 6.07. The largest absolute Gasteiger partial charge is 0.314 e. The first kappa shape index (κ1) is 18.9. The third-order valence-corrected chi connectivity index (χ3v) is 5.32. The average molecular weight is 372 g/mol. The topological polar surface area (TPSA) is 26.8 Å². The third-order valence-electron chi connectivity index (χ3n) is 5.08. The third kappa shape index (κ3) is 4.64. The molecule has 1 heterocycles. The summed E-state index contributed by atoms with van der Waals surface area (Å²) in [4.78, 5) is 19.3. The van der Waals surface area contributed by atoms with E-state index >= 15 is 0 Å². The van der Waals surface area contributed by atoms with Gasteiger partial charge in [-0.15, -0.1) is 0 Å². The highest BCUT2D eigenvalue weighted by Gasteiger charge is 2.27. The molecule has 1 aliphatic rings. The van der Waals surface area contributed by atoms with E-state index in [4.69, 9.17) is 11.6 Å². The number of halogens is 1. The lowest BCUT2D eigenvalue weighted by molar-refractivity contribution is -0.123. The molecule has 1 saturated heterocycles. The molecular weight excluding hydrogens is 346 g/mol. The second-order valence-corrected chi connectivity index (χ2v) is 7.29. The van der Waals surface area contributed by atoms with Gasteiger partial charge in [0, 0.05) is 50.5 Å². The number of amides is 1. The number of anilines is 1. The van der Waals surface area contributed by atoms with Crippen LogP contribution >= 0.6 is 11.6 Å². The van der Waals surface area contributed by atoms with E-state index in [-0.39, 0.29) is 11.9 Å². The van der Waals surface area contributed by atoms with Crippen molar-refractivity contribution < 1.29 is 4.79 Å². The number of hydrogen-bond donors (Lipinski definition) is 0. The minimum atomic E-state index is -0.117. The van der Waals surface area contributed by atoms with Gasteiger partial charge >= 0.3 is 0 Å². The number of carbonyl (C=O) groups is 1. The van der Waals surface area contributed by atoms with Crippen LogP contribution in [0.25, 0.3) is 0 Å². The first-order valence-corrected chi connectivity index (χ1v) is 9.46. The Hall–Kier alpha value is -1.88. The van der Waals surface area contributed by atoms with Crippen molar-refractivity contribution >= 4 is 23.2 Å². The number of likely N-dealkylation sites (N-methyl/N-ethyl adjacent to an activating group) is 1. The van der Waals surface area contributed by atoms with E-state index in [1.807, 2.05) is 62.5 Å². The Labute approximate surface area is 161 Å². The van der Waals surface area contributed by atoms with Gasteiger partial charge in [-0.3, -0.25) is 14.6 Å². The molecule has 0 bridgehead atoms. The minimum absolute atomic E-state index is 0.117. The second-order valence-electron chi connectivity index (χ2n) is 6.85. The normalized spacial score (nSPS) is 17.0. The summed E-state index contributed by atoms with van der Waals surface area (Å²) in [6, 6.07) is 17.7. The summed E-state index contributed by atoms with van der Waals surface area (Å²) in [5.41, 5.74) is 2.17. The molecule has 1 unspecified atom stereocenters. The van der Waals surface area contributed by atoms with Crippen molar-refractivity contribution in [3.8, 4) is 0 Å². The van der Waals surface area contributed by atoms with Gasteiger partial charge in [-0.2, -0.15) is 0 Å².